The summed E-state index contributed by atoms with van der Waals surface area (Å²) in [5, 5.41) is 5.66. The first-order valence-electron chi connectivity index (χ1n) is 8.42. The summed E-state index contributed by atoms with van der Waals surface area (Å²) in [6, 6.07) is 10.5. The molecule has 6 nitrogen and oxygen atoms in total. The summed E-state index contributed by atoms with van der Waals surface area (Å²) in [4.78, 5) is 37.8. The van der Waals surface area contributed by atoms with Gasteiger partial charge in [-0.05, 0) is 56.2 Å². The van der Waals surface area contributed by atoms with Crippen LogP contribution in [0.1, 0.15) is 37.4 Å². The maximum Gasteiger partial charge on any atom is 0.262 e. The van der Waals surface area contributed by atoms with Crippen molar-refractivity contribution in [1.82, 2.24) is 10.2 Å². The van der Waals surface area contributed by atoms with E-state index in [0.29, 0.717) is 11.1 Å². The molecule has 0 atom stereocenters. The lowest BCUT2D eigenvalue weighted by molar-refractivity contribution is -0.120. The number of imide groups is 1. The second kappa shape index (κ2) is 7.28. The van der Waals surface area contributed by atoms with Gasteiger partial charge in [-0.25, -0.2) is 0 Å². The van der Waals surface area contributed by atoms with Crippen LogP contribution < -0.4 is 10.6 Å². The number of hydrogen-bond donors (Lipinski definition) is 2. The lowest BCUT2D eigenvalue weighted by atomic mass is 10.1. The number of aryl methyl sites for hydroxylation is 3. The molecule has 0 fully saturated rings. The highest BCUT2D eigenvalue weighted by Crippen LogP contribution is 2.23. The molecule has 0 spiro atoms. The second-order valence-electron chi connectivity index (χ2n) is 6.52. The fourth-order valence-electron chi connectivity index (χ4n) is 3.21. The van der Waals surface area contributed by atoms with Crippen molar-refractivity contribution in [2.45, 2.75) is 20.8 Å². The molecule has 2 aromatic carbocycles. The average Bonchev–Trinajstić information content (AvgIpc) is 2.83. The molecule has 138 valence electrons. The quantitative estimate of drug-likeness (QED) is 0.631. The maximum absolute atomic E-state index is 12.3. The standard InChI is InChI=1S/C20H19N3O3S/c1-11-8-12(2)17(13(3)9-11)22-20(27)21-16(24)10-23-18(25)14-6-4-5-7-15(14)19(23)26/h4-9H,10H2,1-3H3,(H2,21,22,24,27). The molecule has 0 radical (unpaired) electrons. The zero-order chi connectivity index (χ0) is 19.7. The van der Waals surface area contributed by atoms with Crippen molar-refractivity contribution in [2.75, 3.05) is 11.9 Å². The van der Waals surface area contributed by atoms with Gasteiger partial charge in [0, 0.05) is 5.69 Å². The molecule has 1 aliphatic rings. The number of thiocarbonyl (C=S) groups is 1. The SMILES string of the molecule is Cc1cc(C)c(NC(=S)NC(=O)CN2C(=O)c3ccccc3C2=O)c(C)c1. The Kier molecular flexibility index (Phi) is 5.05. The van der Waals surface area contributed by atoms with E-state index in [4.69, 9.17) is 12.2 Å². The number of hydrogen-bond acceptors (Lipinski definition) is 4. The van der Waals surface area contributed by atoms with Crippen LogP contribution in [0.3, 0.4) is 0 Å². The minimum atomic E-state index is -0.538. The van der Waals surface area contributed by atoms with Crippen molar-refractivity contribution in [2.24, 2.45) is 0 Å². The van der Waals surface area contributed by atoms with Gasteiger partial charge in [0.2, 0.25) is 5.91 Å². The Morgan fingerprint density at radius 2 is 1.52 bits per heavy atom. The normalized spacial score (nSPS) is 12.8. The minimum Gasteiger partial charge on any atom is -0.332 e. The summed E-state index contributed by atoms with van der Waals surface area (Å²) >= 11 is 5.20. The van der Waals surface area contributed by atoms with Gasteiger partial charge in [-0.2, -0.15) is 0 Å². The van der Waals surface area contributed by atoms with Gasteiger partial charge in [0.15, 0.2) is 5.11 Å². The first-order chi connectivity index (χ1) is 12.8. The van der Waals surface area contributed by atoms with Crippen molar-refractivity contribution in [3.05, 3.63) is 64.2 Å². The van der Waals surface area contributed by atoms with Crippen LogP contribution in [0.5, 0.6) is 0 Å². The van der Waals surface area contributed by atoms with Crippen LogP contribution in [0.25, 0.3) is 0 Å². The molecule has 0 saturated heterocycles. The molecule has 1 aliphatic heterocycles. The molecule has 2 aromatic rings. The Morgan fingerprint density at radius 1 is 1.00 bits per heavy atom. The van der Waals surface area contributed by atoms with Crippen LogP contribution in [0, 0.1) is 20.8 Å². The van der Waals surface area contributed by atoms with E-state index in [0.717, 1.165) is 27.3 Å². The third-order valence-corrected chi connectivity index (χ3v) is 4.55. The molecule has 3 amide bonds. The first kappa shape index (κ1) is 18.7. The van der Waals surface area contributed by atoms with Crippen molar-refractivity contribution >= 4 is 40.7 Å². The van der Waals surface area contributed by atoms with E-state index < -0.39 is 17.7 Å². The highest BCUT2D eigenvalue weighted by atomic mass is 32.1. The number of fused-ring (bicyclic) bond motifs is 1. The molecule has 0 unspecified atom stereocenters. The van der Waals surface area contributed by atoms with Gasteiger partial charge in [0.1, 0.15) is 6.54 Å². The summed E-state index contributed by atoms with van der Waals surface area (Å²) in [7, 11) is 0. The van der Waals surface area contributed by atoms with Gasteiger partial charge in [-0.3, -0.25) is 19.3 Å². The smallest absolute Gasteiger partial charge is 0.262 e. The number of carbonyl (C=O) groups excluding carboxylic acids is 3. The summed E-state index contributed by atoms with van der Waals surface area (Å²) < 4.78 is 0. The second-order valence-corrected chi connectivity index (χ2v) is 6.93. The fourth-order valence-corrected chi connectivity index (χ4v) is 3.43. The number of anilines is 1. The molecule has 1 heterocycles. The largest absolute Gasteiger partial charge is 0.332 e. The van der Waals surface area contributed by atoms with E-state index in [1.807, 2.05) is 32.9 Å². The molecule has 3 rings (SSSR count). The molecule has 0 aromatic heterocycles. The highest BCUT2D eigenvalue weighted by molar-refractivity contribution is 7.80. The molecule has 0 saturated carbocycles. The van der Waals surface area contributed by atoms with Crippen LogP contribution in [-0.2, 0) is 4.79 Å². The Bertz CT molecular complexity index is 926. The van der Waals surface area contributed by atoms with Gasteiger partial charge in [0.25, 0.3) is 11.8 Å². The molecular formula is C20H19N3O3S. The molecular weight excluding hydrogens is 362 g/mol. The van der Waals surface area contributed by atoms with Gasteiger partial charge >= 0.3 is 0 Å². The van der Waals surface area contributed by atoms with Crippen LogP contribution in [-0.4, -0.2) is 34.3 Å². The Balaban J connectivity index is 1.64. The van der Waals surface area contributed by atoms with Gasteiger partial charge < -0.3 is 10.6 Å². The number of amides is 3. The molecule has 27 heavy (non-hydrogen) atoms. The number of rotatable bonds is 3. The number of nitrogens with one attached hydrogen (secondary N) is 2. The van der Waals surface area contributed by atoms with Crippen molar-refractivity contribution in [3.8, 4) is 0 Å². The zero-order valence-electron chi connectivity index (χ0n) is 15.3. The van der Waals surface area contributed by atoms with E-state index >= 15 is 0 Å². The minimum absolute atomic E-state index is 0.117. The molecule has 2 N–H and O–H groups in total. The summed E-state index contributed by atoms with van der Waals surface area (Å²) in [5.74, 6) is -1.49. The van der Waals surface area contributed by atoms with Crippen LogP contribution in [0.15, 0.2) is 36.4 Å². The maximum atomic E-state index is 12.3. The van der Waals surface area contributed by atoms with E-state index in [9.17, 15) is 14.4 Å². The third-order valence-electron chi connectivity index (χ3n) is 4.35. The van der Waals surface area contributed by atoms with Crippen LogP contribution in [0.4, 0.5) is 5.69 Å². The number of nitrogens with zero attached hydrogens (tertiary/aromatic N) is 1. The first-order valence-corrected chi connectivity index (χ1v) is 8.82. The zero-order valence-corrected chi connectivity index (χ0v) is 16.1. The monoisotopic (exact) mass is 381 g/mol. The van der Waals surface area contributed by atoms with Gasteiger partial charge in [0.05, 0.1) is 11.1 Å². The van der Waals surface area contributed by atoms with Crippen LogP contribution in [0.2, 0.25) is 0 Å². The van der Waals surface area contributed by atoms with E-state index in [-0.39, 0.29) is 11.7 Å². The molecule has 7 heteroatoms. The predicted molar refractivity (Wildman–Crippen MR) is 107 cm³/mol. The number of carbonyl (C=O) groups is 3. The molecule has 0 aliphatic carbocycles. The van der Waals surface area contributed by atoms with E-state index in [1.165, 1.54) is 0 Å². The lowest BCUT2D eigenvalue weighted by Gasteiger charge is -2.17. The predicted octanol–water partition coefficient (Wildman–Crippen LogP) is 2.72. The van der Waals surface area contributed by atoms with Crippen LogP contribution >= 0.6 is 12.2 Å². The van der Waals surface area contributed by atoms with Crippen molar-refractivity contribution in [3.63, 3.8) is 0 Å². The summed E-state index contributed by atoms with van der Waals surface area (Å²) in [6.07, 6.45) is 0. The van der Waals surface area contributed by atoms with Gasteiger partial charge in [-0.15, -0.1) is 0 Å². The van der Waals surface area contributed by atoms with E-state index in [1.54, 1.807) is 24.3 Å². The van der Waals surface area contributed by atoms with E-state index in [2.05, 4.69) is 10.6 Å². The third kappa shape index (κ3) is 3.73. The topological polar surface area (TPSA) is 78.5 Å². The lowest BCUT2D eigenvalue weighted by Crippen LogP contribution is -2.43. The van der Waals surface area contributed by atoms with Crippen molar-refractivity contribution < 1.29 is 14.4 Å². The van der Waals surface area contributed by atoms with Gasteiger partial charge in [-0.1, -0.05) is 29.8 Å². The molecule has 0 bridgehead atoms. The summed E-state index contributed by atoms with van der Waals surface area (Å²) in [5.41, 5.74) is 4.58. The highest BCUT2D eigenvalue weighted by Gasteiger charge is 2.36. The Morgan fingerprint density at radius 3 is 2.04 bits per heavy atom. The Labute approximate surface area is 162 Å². The van der Waals surface area contributed by atoms with Crippen molar-refractivity contribution in [1.29, 1.82) is 0 Å². The number of benzene rings is 2. The Hall–Kier alpha value is -3.06. The summed E-state index contributed by atoms with van der Waals surface area (Å²) in [6.45, 7) is 5.52. The fraction of sp³-hybridized carbons (Fsp3) is 0.200. The average molecular weight is 381 g/mol.